The molecule has 0 spiro atoms. The van der Waals surface area contributed by atoms with Gasteiger partial charge in [-0.3, -0.25) is 0 Å². The molecule has 26 heavy (non-hydrogen) atoms. The molecular weight excluding hydrogens is 334 g/mol. The van der Waals surface area contributed by atoms with E-state index in [0.29, 0.717) is 23.3 Å². The Morgan fingerprint density at radius 3 is 1.96 bits per heavy atom. The van der Waals surface area contributed by atoms with Crippen molar-refractivity contribution in [3.05, 3.63) is 36.4 Å². The zero-order valence-corrected chi connectivity index (χ0v) is 15.1. The van der Waals surface area contributed by atoms with Crippen molar-refractivity contribution in [2.75, 3.05) is 32.0 Å². The van der Waals surface area contributed by atoms with Gasteiger partial charge < -0.3 is 30.2 Å². The van der Waals surface area contributed by atoms with E-state index in [1.54, 1.807) is 21.3 Å². The first kappa shape index (κ1) is 17.7. The normalized spacial score (nSPS) is 12.9. The molecule has 138 valence electrons. The van der Waals surface area contributed by atoms with E-state index in [1.807, 2.05) is 36.4 Å². The third-order valence-corrected chi connectivity index (χ3v) is 4.01. The average molecular weight is 357 g/mol. The average Bonchev–Trinajstić information content (AvgIpc) is 3.46. The summed E-state index contributed by atoms with van der Waals surface area (Å²) in [5.41, 5.74) is 2.40. The quantitative estimate of drug-likeness (QED) is 0.703. The summed E-state index contributed by atoms with van der Waals surface area (Å²) in [4.78, 5) is 11.8. The molecule has 3 rings (SSSR count). The van der Waals surface area contributed by atoms with Gasteiger partial charge in [0.1, 0.15) is 0 Å². The van der Waals surface area contributed by atoms with E-state index in [0.717, 1.165) is 29.9 Å². The number of rotatable bonds is 7. The Morgan fingerprint density at radius 2 is 1.46 bits per heavy atom. The number of hydrogen-bond acceptors (Lipinski definition) is 5. The van der Waals surface area contributed by atoms with Crippen molar-refractivity contribution < 1.29 is 19.0 Å². The molecule has 7 heteroatoms. The number of ether oxygens (including phenoxy) is 3. The molecule has 0 atom stereocenters. The lowest BCUT2D eigenvalue weighted by molar-refractivity contribution is 0.251. The number of amides is 2. The van der Waals surface area contributed by atoms with Crippen LogP contribution in [0.2, 0.25) is 0 Å². The zero-order chi connectivity index (χ0) is 18.5. The van der Waals surface area contributed by atoms with Crippen molar-refractivity contribution in [2.45, 2.75) is 18.9 Å². The first-order valence-corrected chi connectivity index (χ1v) is 8.37. The van der Waals surface area contributed by atoms with Crippen molar-refractivity contribution >= 4 is 23.1 Å². The highest BCUT2D eigenvalue weighted by molar-refractivity contribution is 5.89. The molecule has 0 radical (unpaired) electrons. The molecule has 0 unspecified atom stereocenters. The Balaban J connectivity index is 1.69. The van der Waals surface area contributed by atoms with Gasteiger partial charge in [0.05, 0.1) is 21.3 Å². The van der Waals surface area contributed by atoms with Crippen LogP contribution in [-0.2, 0) is 0 Å². The van der Waals surface area contributed by atoms with Crippen molar-refractivity contribution in [1.29, 1.82) is 0 Å². The smallest absolute Gasteiger partial charge is 0.319 e. The van der Waals surface area contributed by atoms with E-state index >= 15 is 0 Å². The van der Waals surface area contributed by atoms with Crippen molar-refractivity contribution in [2.24, 2.45) is 0 Å². The van der Waals surface area contributed by atoms with Gasteiger partial charge in [0, 0.05) is 35.2 Å². The van der Waals surface area contributed by atoms with Crippen LogP contribution in [0.15, 0.2) is 36.4 Å². The number of carbonyl (C=O) groups is 1. The molecule has 0 saturated heterocycles. The highest BCUT2D eigenvalue weighted by Crippen LogP contribution is 2.40. The summed E-state index contributed by atoms with van der Waals surface area (Å²) < 4.78 is 16.0. The number of urea groups is 1. The SMILES string of the molecule is COc1cc(Nc2ccc(NC(=O)NC3CC3)cc2)cc(OC)c1OC. The summed E-state index contributed by atoms with van der Waals surface area (Å²) in [7, 11) is 4.72. The molecule has 1 saturated carbocycles. The molecule has 0 heterocycles. The highest BCUT2D eigenvalue weighted by Gasteiger charge is 2.23. The molecule has 0 bridgehead atoms. The van der Waals surface area contributed by atoms with Crippen LogP contribution in [0.5, 0.6) is 17.2 Å². The van der Waals surface area contributed by atoms with Crippen molar-refractivity contribution in [3.63, 3.8) is 0 Å². The van der Waals surface area contributed by atoms with Crippen LogP contribution in [-0.4, -0.2) is 33.4 Å². The number of anilines is 3. The summed E-state index contributed by atoms with van der Waals surface area (Å²) in [5.74, 6) is 1.69. The molecule has 1 aliphatic rings. The fourth-order valence-electron chi connectivity index (χ4n) is 2.54. The Morgan fingerprint density at radius 1 is 0.885 bits per heavy atom. The lowest BCUT2D eigenvalue weighted by Crippen LogP contribution is -2.30. The van der Waals surface area contributed by atoms with Gasteiger partial charge in [0.25, 0.3) is 0 Å². The standard InChI is InChI=1S/C19H23N3O4/c1-24-16-10-15(11-17(25-2)18(16)26-3)20-12-4-6-13(7-5-12)21-19(23)22-14-8-9-14/h4-7,10-11,14,20H,8-9H2,1-3H3,(H2,21,22,23). The summed E-state index contributed by atoms with van der Waals surface area (Å²) >= 11 is 0. The minimum atomic E-state index is -0.169. The second kappa shape index (κ2) is 7.86. The zero-order valence-electron chi connectivity index (χ0n) is 15.1. The third-order valence-electron chi connectivity index (χ3n) is 4.01. The second-order valence-electron chi connectivity index (χ2n) is 5.99. The monoisotopic (exact) mass is 357 g/mol. The van der Waals surface area contributed by atoms with E-state index in [2.05, 4.69) is 16.0 Å². The maximum Gasteiger partial charge on any atom is 0.319 e. The molecule has 1 aliphatic carbocycles. The fourth-order valence-corrected chi connectivity index (χ4v) is 2.54. The first-order valence-electron chi connectivity index (χ1n) is 8.37. The van der Waals surface area contributed by atoms with E-state index in [1.165, 1.54) is 0 Å². The van der Waals surface area contributed by atoms with Gasteiger partial charge in [0.2, 0.25) is 5.75 Å². The van der Waals surface area contributed by atoms with Gasteiger partial charge in [-0.05, 0) is 37.1 Å². The number of carbonyl (C=O) groups excluding carboxylic acids is 1. The minimum Gasteiger partial charge on any atom is -0.493 e. The Hall–Kier alpha value is -3.09. The first-order chi connectivity index (χ1) is 12.6. The summed E-state index contributed by atoms with van der Waals surface area (Å²) in [6, 6.07) is 11.3. The van der Waals surface area contributed by atoms with Gasteiger partial charge in [-0.25, -0.2) is 4.79 Å². The molecule has 2 aromatic rings. The van der Waals surface area contributed by atoms with Crippen LogP contribution in [0.4, 0.5) is 21.9 Å². The molecule has 3 N–H and O–H groups in total. The van der Waals surface area contributed by atoms with Gasteiger partial charge in [-0.15, -0.1) is 0 Å². The minimum absolute atomic E-state index is 0.169. The van der Waals surface area contributed by atoms with Gasteiger partial charge >= 0.3 is 6.03 Å². The Bertz CT molecular complexity index is 748. The number of benzene rings is 2. The molecule has 0 aliphatic heterocycles. The molecule has 0 aromatic heterocycles. The highest BCUT2D eigenvalue weighted by atomic mass is 16.5. The Kier molecular flexibility index (Phi) is 5.36. The fraction of sp³-hybridized carbons (Fsp3) is 0.316. The molecule has 2 aromatic carbocycles. The topological polar surface area (TPSA) is 80.9 Å². The van der Waals surface area contributed by atoms with E-state index in [9.17, 15) is 4.79 Å². The van der Waals surface area contributed by atoms with Crippen molar-refractivity contribution in [1.82, 2.24) is 5.32 Å². The van der Waals surface area contributed by atoms with Crippen LogP contribution in [0.1, 0.15) is 12.8 Å². The number of nitrogens with one attached hydrogen (secondary N) is 3. The maximum atomic E-state index is 11.8. The third kappa shape index (κ3) is 4.30. The van der Waals surface area contributed by atoms with Crippen LogP contribution in [0.25, 0.3) is 0 Å². The lowest BCUT2D eigenvalue weighted by Gasteiger charge is -2.15. The maximum absolute atomic E-state index is 11.8. The van der Waals surface area contributed by atoms with Crippen molar-refractivity contribution in [3.8, 4) is 17.2 Å². The van der Waals surface area contributed by atoms with Crippen LogP contribution in [0.3, 0.4) is 0 Å². The molecule has 1 fully saturated rings. The predicted molar refractivity (Wildman–Crippen MR) is 101 cm³/mol. The van der Waals surface area contributed by atoms with Gasteiger partial charge in [0.15, 0.2) is 11.5 Å². The summed E-state index contributed by atoms with van der Waals surface area (Å²) in [6.45, 7) is 0. The Labute approximate surface area is 152 Å². The lowest BCUT2D eigenvalue weighted by atomic mass is 10.2. The molecule has 7 nitrogen and oxygen atoms in total. The molecular formula is C19H23N3O4. The number of methoxy groups -OCH3 is 3. The van der Waals surface area contributed by atoms with Gasteiger partial charge in [-0.1, -0.05) is 0 Å². The van der Waals surface area contributed by atoms with Crippen LogP contribution >= 0.6 is 0 Å². The largest absolute Gasteiger partial charge is 0.493 e. The summed E-state index contributed by atoms with van der Waals surface area (Å²) in [6.07, 6.45) is 2.12. The second-order valence-corrected chi connectivity index (χ2v) is 5.99. The van der Waals surface area contributed by atoms with E-state index in [-0.39, 0.29) is 6.03 Å². The number of hydrogen-bond donors (Lipinski definition) is 3. The summed E-state index contributed by atoms with van der Waals surface area (Å²) in [5, 5.41) is 8.99. The van der Waals surface area contributed by atoms with E-state index < -0.39 is 0 Å². The van der Waals surface area contributed by atoms with Crippen LogP contribution < -0.4 is 30.2 Å². The van der Waals surface area contributed by atoms with E-state index in [4.69, 9.17) is 14.2 Å². The van der Waals surface area contributed by atoms with Crippen LogP contribution in [0, 0.1) is 0 Å². The molecule has 2 amide bonds. The van der Waals surface area contributed by atoms with Gasteiger partial charge in [-0.2, -0.15) is 0 Å². The predicted octanol–water partition coefficient (Wildman–Crippen LogP) is 3.74.